The van der Waals surface area contributed by atoms with Crippen LogP contribution in [0.15, 0.2) is 17.2 Å². The number of phenolic OH excluding ortho intramolecular Hbond substituents is 1. The van der Waals surface area contributed by atoms with Gasteiger partial charge in [-0.25, -0.2) is 0 Å². The van der Waals surface area contributed by atoms with Gasteiger partial charge in [-0.2, -0.15) is 14.9 Å². The number of nitrogens with one attached hydrogen (secondary N) is 1. The summed E-state index contributed by atoms with van der Waals surface area (Å²) in [5.74, 6) is 0.752. The molecule has 0 spiro atoms. The van der Waals surface area contributed by atoms with E-state index in [1.165, 1.54) is 4.68 Å². The van der Waals surface area contributed by atoms with Crippen molar-refractivity contribution in [3.8, 4) is 5.75 Å². The van der Waals surface area contributed by atoms with Crippen LogP contribution < -0.4 is 0 Å². The van der Waals surface area contributed by atoms with Crippen molar-refractivity contribution < 1.29 is 5.11 Å². The maximum absolute atomic E-state index is 9.50. The second kappa shape index (κ2) is 5.95. The van der Waals surface area contributed by atoms with E-state index < -0.39 is 0 Å². The van der Waals surface area contributed by atoms with Crippen LogP contribution >= 0.6 is 35.4 Å². The largest absolute Gasteiger partial charge is 0.505 e. The molecule has 2 N–H and O–H groups in total. The Kier molecular flexibility index (Phi) is 4.47. The third kappa shape index (κ3) is 3.03. The highest BCUT2D eigenvalue weighted by Gasteiger charge is 2.09. The molecule has 0 aliphatic heterocycles. The molecule has 1 heterocycles. The second-order valence-corrected chi connectivity index (χ2v) is 5.63. The zero-order valence-electron chi connectivity index (χ0n) is 10.8. The Morgan fingerprint density at radius 1 is 1.40 bits per heavy atom. The molecular weight excluding hydrogens is 319 g/mol. The number of hydrogen-bond donors (Lipinski definition) is 2. The fraction of sp³-hybridized carbons (Fsp3) is 0.250. The molecule has 0 aliphatic rings. The SMILES string of the molecule is CC(C)c1n[nH]c(=S)n1/N=C\c1cc(Cl)c(O)c(Cl)c1. The first-order valence-electron chi connectivity index (χ1n) is 5.80. The minimum absolute atomic E-state index is 0.145. The lowest BCUT2D eigenvalue weighted by Crippen LogP contribution is -2.00. The van der Waals surface area contributed by atoms with Crippen molar-refractivity contribution in [2.75, 3.05) is 0 Å². The Morgan fingerprint density at radius 2 is 2.00 bits per heavy atom. The van der Waals surface area contributed by atoms with Crippen LogP contribution in [0.3, 0.4) is 0 Å². The first-order chi connectivity index (χ1) is 9.40. The predicted octanol–water partition coefficient (Wildman–Crippen LogP) is 3.96. The van der Waals surface area contributed by atoms with Gasteiger partial charge < -0.3 is 5.11 Å². The Bertz CT molecular complexity index is 697. The first kappa shape index (κ1) is 15.0. The van der Waals surface area contributed by atoms with E-state index in [1.807, 2.05) is 13.8 Å². The molecule has 8 heteroatoms. The van der Waals surface area contributed by atoms with Gasteiger partial charge in [0.1, 0.15) is 0 Å². The number of halogens is 2. The van der Waals surface area contributed by atoms with Crippen LogP contribution in [-0.2, 0) is 0 Å². The van der Waals surface area contributed by atoms with Gasteiger partial charge in [0, 0.05) is 5.92 Å². The zero-order chi connectivity index (χ0) is 14.9. The van der Waals surface area contributed by atoms with Crippen LogP contribution in [0, 0.1) is 4.77 Å². The second-order valence-electron chi connectivity index (χ2n) is 4.43. The number of aromatic hydroxyl groups is 1. The van der Waals surface area contributed by atoms with Crippen LogP contribution in [0.25, 0.3) is 0 Å². The number of H-pyrrole nitrogens is 1. The minimum Gasteiger partial charge on any atom is -0.505 e. The number of benzene rings is 1. The number of hydrogen-bond acceptors (Lipinski definition) is 4. The van der Waals surface area contributed by atoms with Crippen LogP contribution in [-0.4, -0.2) is 26.2 Å². The van der Waals surface area contributed by atoms with Crippen LogP contribution in [0.5, 0.6) is 5.75 Å². The van der Waals surface area contributed by atoms with E-state index in [0.717, 1.165) is 5.82 Å². The molecule has 0 aliphatic carbocycles. The fourth-order valence-electron chi connectivity index (χ4n) is 1.57. The molecule has 0 bridgehead atoms. The highest BCUT2D eigenvalue weighted by atomic mass is 35.5. The lowest BCUT2D eigenvalue weighted by molar-refractivity contribution is 0.476. The van der Waals surface area contributed by atoms with Crippen molar-refractivity contribution in [1.82, 2.24) is 14.9 Å². The summed E-state index contributed by atoms with van der Waals surface area (Å²) in [4.78, 5) is 0. The Labute approximate surface area is 130 Å². The maximum Gasteiger partial charge on any atom is 0.216 e. The molecule has 5 nitrogen and oxygen atoms in total. The predicted molar refractivity (Wildman–Crippen MR) is 82.6 cm³/mol. The minimum atomic E-state index is -0.145. The van der Waals surface area contributed by atoms with Crippen LogP contribution in [0.4, 0.5) is 0 Å². The molecule has 2 aromatic rings. The summed E-state index contributed by atoms with van der Waals surface area (Å²) < 4.78 is 1.94. The number of aromatic nitrogens is 3. The molecule has 0 saturated heterocycles. The summed E-state index contributed by atoms with van der Waals surface area (Å²) >= 11 is 16.8. The maximum atomic E-state index is 9.50. The van der Waals surface area contributed by atoms with Gasteiger partial charge in [-0.3, -0.25) is 5.10 Å². The molecule has 0 unspecified atom stereocenters. The molecule has 20 heavy (non-hydrogen) atoms. The summed E-state index contributed by atoms with van der Waals surface area (Å²) in [6.45, 7) is 3.98. The number of nitrogens with zero attached hydrogens (tertiary/aromatic N) is 3. The van der Waals surface area contributed by atoms with E-state index >= 15 is 0 Å². The van der Waals surface area contributed by atoms with Crippen LogP contribution in [0.1, 0.15) is 31.2 Å². The molecule has 0 radical (unpaired) electrons. The van der Waals surface area contributed by atoms with E-state index in [-0.39, 0.29) is 21.7 Å². The first-order valence-corrected chi connectivity index (χ1v) is 6.96. The molecule has 0 atom stereocenters. The molecule has 2 rings (SSSR count). The molecule has 106 valence electrons. The van der Waals surface area contributed by atoms with Gasteiger partial charge in [-0.15, -0.1) is 0 Å². The highest BCUT2D eigenvalue weighted by molar-refractivity contribution is 7.71. The third-order valence-corrected chi connectivity index (χ3v) is 3.39. The summed E-state index contributed by atoms with van der Waals surface area (Å²) in [6, 6.07) is 3.12. The molecule has 0 fully saturated rings. The standard InChI is InChI=1S/C12H12Cl2N4OS/c1-6(2)11-16-17-12(20)18(11)15-5-7-3-8(13)10(19)9(14)4-7/h3-6,19H,1-2H3,(H,17,20)/b15-5-. The Hall–Kier alpha value is -1.37. The summed E-state index contributed by atoms with van der Waals surface area (Å²) in [5.41, 5.74) is 0.649. The van der Waals surface area contributed by atoms with Gasteiger partial charge in [-0.05, 0) is 29.9 Å². The monoisotopic (exact) mass is 330 g/mol. The summed E-state index contributed by atoms with van der Waals surface area (Å²) in [7, 11) is 0. The third-order valence-electron chi connectivity index (χ3n) is 2.55. The normalized spacial score (nSPS) is 11.7. The molecule has 0 amide bonds. The van der Waals surface area contributed by atoms with Crippen molar-refractivity contribution in [3.63, 3.8) is 0 Å². The average molecular weight is 331 g/mol. The van der Waals surface area contributed by atoms with E-state index in [4.69, 9.17) is 35.4 Å². The molecule has 0 saturated carbocycles. The van der Waals surface area contributed by atoms with Crippen molar-refractivity contribution >= 4 is 41.6 Å². The van der Waals surface area contributed by atoms with Crippen molar-refractivity contribution in [2.24, 2.45) is 5.10 Å². The quantitative estimate of drug-likeness (QED) is 0.661. The number of rotatable bonds is 3. The molecule has 1 aromatic carbocycles. The van der Waals surface area contributed by atoms with Crippen LogP contribution in [0.2, 0.25) is 10.0 Å². The number of aromatic amines is 1. The topological polar surface area (TPSA) is 66.2 Å². The van der Waals surface area contributed by atoms with Gasteiger partial charge in [0.25, 0.3) is 0 Å². The van der Waals surface area contributed by atoms with Gasteiger partial charge in [0.05, 0.1) is 16.3 Å². The number of phenols is 1. The fourth-order valence-corrected chi connectivity index (χ4v) is 2.26. The Balaban J connectivity index is 2.40. The summed E-state index contributed by atoms with van der Waals surface area (Å²) in [5, 5.41) is 20.9. The van der Waals surface area contributed by atoms with Gasteiger partial charge in [-0.1, -0.05) is 37.0 Å². The van der Waals surface area contributed by atoms with Gasteiger partial charge >= 0.3 is 0 Å². The molecule has 1 aromatic heterocycles. The van der Waals surface area contributed by atoms with Gasteiger partial charge in [0.15, 0.2) is 11.6 Å². The molecular formula is C12H12Cl2N4OS. The van der Waals surface area contributed by atoms with Crippen molar-refractivity contribution in [2.45, 2.75) is 19.8 Å². The lowest BCUT2D eigenvalue weighted by Gasteiger charge is -2.04. The van der Waals surface area contributed by atoms with E-state index in [2.05, 4.69) is 15.3 Å². The van der Waals surface area contributed by atoms with E-state index in [1.54, 1.807) is 18.3 Å². The Morgan fingerprint density at radius 3 is 2.55 bits per heavy atom. The van der Waals surface area contributed by atoms with Crippen molar-refractivity contribution in [3.05, 3.63) is 38.3 Å². The van der Waals surface area contributed by atoms with E-state index in [9.17, 15) is 5.11 Å². The lowest BCUT2D eigenvalue weighted by atomic mass is 10.2. The average Bonchev–Trinajstić information content (AvgIpc) is 2.74. The van der Waals surface area contributed by atoms with Crippen molar-refractivity contribution in [1.29, 1.82) is 0 Å². The highest BCUT2D eigenvalue weighted by Crippen LogP contribution is 2.32. The van der Waals surface area contributed by atoms with Gasteiger partial charge in [0.2, 0.25) is 4.77 Å². The summed E-state index contributed by atoms with van der Waals surface area (Å²) in [6.07, 6.45) is 1.55. The smallest absolute Gasteiger partial charge is 0.216 e. The van der Waals surface area contributed by atoms with E-state index in [0.29, 0.717) is 10.3 Å². The zero-order valence-corrected chi connectivity index (χ0v) is 13.1.